The van der Waals surface area contributed by atoms with Crippen LogP contribution in [0.15, 0.2) is 17.9 Å². The highest BCUT2D eigenvalue weighted by molar-refractivity contribution is 6.09. The van der Waals surface area contributed by atoms with E-state index in [2.05, 4.69) is 5.32 Å². The van der Waals surface area contributed by atoms with Crippen LogP contribution in [0.2, 0.25) is 0 Å². The minimum Gasteiger partial charge on any atom is -0.496 e. The normalized spacial score (nSPS) is 16.7. The van der Waals surface area contributed by atoms with Gasteiger partial charge in [0, 0.05) is 0 Å². The van der Waals surface area contributed by atoms with Gasteiger partial charge < -0.3 is 9.47 Å². The van der Waals surface area contributed by atoms with Gasteiger partial charge in [0.1, 0.15) is 5.75 Å². The molecule has 1 N–H and O–H groups in total. The fraction of sp³-hybridized carbons (Fsp3) is 0.231. The zero-order valence-corrected chi connectivity index (χ0v) is 10.4. The molecular formula is C13H13NO4. The van der Waals surface area contributed by atoms with Crippen molar-refractivity contribution in [2.45, 2.75) is 13.8 Å². The first-order chi connectivity index (χ1) is 8.52. The lowest BCUT2D eigenvalue weighted by atomic mass is 10.0. The summed E-state index contributed by atoms with van der Waals surface area (Å²) < 4.78 is 9.96. The highest BCUT2D eigenvalue weighted by Gasteiger charge is 2.26. The number of cyclic esters (lactones) is 1. The molecule has 5 heteroatoms. The van der Waals surface area contributed by atoms with Crippen LogP contribution in [0.5, 0.6) is 5.75 Å². The minimum atomic E-state index is -0.742. The maximum absolute atomic E-state index is 11.4. The van der Waals surface area contributed by atoms with E-state index in [9.17, 15) is 9.59 Å². The summed E-state index contributed by atoms with van der Waals surface area (Å²) in [7, 11) is 1.60. The third kappa shape index (κ3) is 2.07. The van der Waals surface area contributed by atoms with Gasteiger partial charge in [-0.3, -0.25) is 10.1 Å². The molecule has 0 radical (unpaired) electrons. The lowest BCUT2D eigenvalue weighted by Crippen LogP contribution is -2.18. The van der Waals surface area contributed by atoms with Gasteiger partial charge in [-0.05, 0) is 42.7 Å². The van der Waals surface area contributed by atoms with Crippen molar-refractivity contribution in [2.24, 2.45) is 0 Å². The van der Waals surface area contributed by atoms with Gasteiger partial charge in [0.05, 0.1) is 7.11 Å². The van der Waals surface area contributed by atoms with Gasteiger partial charge in [-0.25, -0.2) is 4.79 Å². The van der Waals surface area contributed by atoms with Crippen LogP contribution in [0.25, 0.3) is 6.08 Å². The number of carbonyl (C=O) groups is 2. The molecule has 1 aromatic carbocycles. The van der Waals surface area contributed by atoms with E-state index in [-0.39, 0.29) is 5.76 Å². The van der Waals surface area contributed by atoms with Crippen LogP contribution in [0.4, 0.5) is 4.79 Å². The van der Waals surface area contributed by atoms with Crippen molar-refractivity contribution in [1.29, 1.82) is 0 Å². The maximum atomic E-state index is 11.4. The van der Waals surface area contributed by atoms with Crippen molar-refractivity contribution in [3.63, 3.8) is 0 Å². The first-order valence-electron chi connectivity index (χ1n) is 5.42. The maximum Gasteiger partial charge on any atom is 0.419 e. The van der Waals surface area contributed by atoms with E-state index in [1.54, 1.807) is 13.2 Å². The van der Waals surface area contributed by atoms with Crippen LogP contribution in [-0.4, -0.2) is 19.1 Å². The molecule has 0 unspecified atom stereocenters. The van der Waals surface area contributed by atoms with Crippen LogP contribution in [0.3, 0.4) is 0 Å². The Morgan fingerprint density at radius 1 is 1.22 bits per heavy atom. The van der Waals surface area contributed by atoms with Gasteiger partial charge in [0.15, 0.2) is 5.76 Å². The Hall–Kier alpha value is -2.30. The molecule has 0 aromatic heterocycles. The summed E-state index contributed by atoms with van der Waals surface area (Å²) in [5.41, 5.74) is 2.77. The summed E-state index contributed by atoms with van der Waals surface area (Å²) in [4.78, 5) is 22.2. The highest BCUT2D eigenvalue weighted by Crippen LogP contribution is 2.26. The highest BCUT2D eigenvalue weighted by atomic mass is 16.6. The lowest BCUT2D eigenvalue weighted by molar-refractivity contribution is -0.116. The van der Waals surface area contributed by atoms with Crippen molar-refractivity contribution >= 4 is 18.1 Å². The standard InChI is InChI=1S/C13H13NO4/c1-7-8(2)10(17-3)5-4-9(7)6-11-12(15)14-13(16)18-11/h4-6H,1-3H3,(H,14,15,16)/b11-6-. The number of ether oxygens (including phenoxy) is 2. The monoisotopic (exact) mass is 247 g/mol. The first kappa shape index (κ1) is 12.2. The van der Waals surface area contributed by atoms with Crippen LogP contribution in [0, 0.1) is 13.8 Å². The molecule has 0 spiro atoms. The Balaban J connectivity index is 2.41. The molecule has 2 rings (SSSR count). The molecule has 0 saturated carbocycles. The van der Waals surface area contributed by atoms with Gasteiger partial charge >= 0.3 is 6.09 Å². The summed E-state index contributed by atoms with van der Waals surface area (Å²) in [5, 5.41) is 2.05. The molecule has 1 aliphatic rings. The van der Waals surface area contributed by atoms with Crippen molar-refractivity contribution < 1.29 is 19.1 Å². The van der Waals surface area contributed by atoms with E-state index in [0.29, 0.717) is 0 Å². The van der Waals surface area contributed by atoms with Crippen molar-refractivity contribution in [3.05, 3.63) is 34.6 Å². The fourth-order valence-corrected chi connectivity index (χ4v) is 1.76. The molecule has 0 atom stereocenters. The predicted octanol–water partition coefficient (Wildman–Crippen LogP) is 1.92. The Morgan fingerprint density at radius 2 is 1.94 bits per heavy atom. The summed E-state index contributed by atoms with van der Waals surface area (Å²) in [6.07, 6.45) is 0.802. The van der Waals surface area contributed by atoms with Crippen molar-refractivity contribution in [2.75, 3.05) is 7.11 Å². The molecule has 2 amide bonds. The molecule has 1 heterocycles. The fourth-order valence-electron chi connectivity index (χ4n) is 1.76. The molecule has 1 aliphatic heterocycles. The molecule has 0 bridgehead atoms. The number of carbonyl (C=O) groups excluding carboxylic acids is 2. The number of rotatable bonds is 2. The average Bonchev–Trinajstić information content (AvgIpc) is 2.64. The van der Waals surface area contributed by atoms with E-state index >= 15 is 0 Å². The number of methoxy groups -OCH3 is 1. The minimum absolute atomic E-state index is 0.00710. The second-order valence-electron chi connectivity index (χ2n) is 3.96. The smallest absolute Gasteiger partial charge is 0.419 e. The van der Waals surface area contributed by atoms with E-state index < -0.39 is 12.0 Å². The zero-order chi connectivity index (χ0) is 13.3. The lowest BCUT2D eigenvalue weighted by Gasteiger charge is -2.10. The number of benzene rings is 1. The summed E-state index contributed by atoms with van der Waals surface area (Å²) in [6, 6.07) is 3.62. The molecule has 0 aliphatic carbocycles. The van der Waals surface area contributed by atoms with Gasteiger partial charge in [0.2, 0.25) is 0 Å². The molecule has 1 aromatic rings. The van der Waals surface area contributed by atoms with Gasteiger partial charge in [0.25, 0.3) is 5.91 Å². The van der Waals surface area contributed by atoms with E-state index in [0.717, 1.165) is 22.4 Å². The Labute approximate surface area is 104 Å². The molecule has 18 heavy (non-hydrogen) atoms. The van der Waals surface area contributed by atoms with E-state index in [1.165, 1.54) is 0 Å². The third-order valence-corrected chi connectivity index (χ3v) is 2.93. The molecular weight excluding hydrogens is 234 g/mol. The number of alkyl carbamates (subject to hydrolysis) is 1. The van der Waals surface area contributed by atoms with Gasteiger partial charge in [-0.1, -0.05) is 6.07 Å². The zero-order valence-electron chi connectivity index (χ0n) is 10.4. The van der Waals surface area contributed by atoms with Crippen LogP contribution < -0.4 is 10.1 Å². The van der Waals surface area contributed by atoms with Gasteiger partial charge in [-0.2, -0.15) is 0 Å². The SMILES string of the molecule is COc1ccc(/C=C2\OC(=O)NC2=O)c(C)c1C. The number of imide groups is 1. The third-order valence-electron chi connectivity index (χ3n) is 2.93. The van der Waals surface area contributed by atoms with E-state index in [1.807, 2.05) is 26.0 Å². The number of amides is 2. The Bertz CT molecular complexity index is 560. The summed E-state index contributed by atoms with van der Waals surface area (Å²) in [6.45, 7) is 3.84. The summed E-state index contributed by atoms with van der Waals surface area (Å²) >= 11 is 0. The second kappa shape index (κ2) is 4.52. The predicted molar refractivity (Wildman–Crippen MR) is 65.1 cm³/mol. The van der Waals surface area contributed by atoms with Crippen LogP contribution in [-0.2, 0) is 9.53 Å². The first-order valence-corrected chi connectivity index (χ1v) is 5.42. The van der Waals surface area contributed by atoms with Crippen molar-refractivity contribution in [3.8, 4) is 5.75 Å². The average molecular weight is 247 g/mol. The number of hydrogen-bond acceptors (Lipinski definition) is 4. The quantitative estimate of drug-likeness (QED) is 0.811. The van der Waals surface area contributed by atoms with Crippen LogP contribution in [0.1, 0.15) is 16.7 Å². The van der Waals surface area contributed by atoms with Gasteiger partial charge in [-0.15, -0.1) is 0 Å². The molecule has 1 fully saturated rings. The molecule has 5 nitrogen and oxygen atoms in total. The second-order valence-corrected chi connectivity index (χ2v) is 3.96. The number of hydrogen-bond donors (Lipinski definition) is 1. The summed E-state index contributed by atoms with van der Waals surface area (Å²) in [5.74, 6) is 0.267. The largest absolute Gasteiger partial charge is 0.496 e. The molecule has 1 saturated heterocycles. The van der Waals surface area contributed by atoms with Crippen LogP contribution >= 0.6 is 0 Å². The topological polar surface area (TPSA) is 64.6 Å². The van der Waals surface area contributed by atoms with Crippen molar-refractivity contribution in [1.82, 2.24) is 5.32 Å². The Morgan fingerprint density at radius 3 is 2.50 bits per heavy atom. The number of nitrogens with one attached hydrogen (secondary N) is 1. The van der Waals surface area contributed by atoms with E-state index in [4.69, 9.17) is 9.47 Å². The Kier molecular flexibility index (Phi) is 3.06. The molecule has 94 valence electrons.